The normalized spacial score (nSPS) is 18.0. The maximum Gasteiger partial charge on any atom is 0.0725 e. The van der Waals surface area contributed by atoms with Crippen molar-refractivity contribution in [2.75, 3.05) is 0 Å². The smallest absolute Gasteiger partial charge is 0.0619 e. The molecule has 0 fully saturated rings. The molecular formula is C28H22. The Morgan fingerprint density at radius 3 is 1.75 bits per heavy atom. The average molecular weight is 358 g/mol. The SMILES string of the molecule is Cc1cc(C)c2c(c1)C1(c3ccccc3-c3c(C)cccc31)c1ccccc1-2. The number of aryl methyl sites for hydroxylation is 3. The topological polar surface area (TPSA) is 0 Å². The number of fused-ring (bicyclic) bond motifs is 10. The van der Waals surface area contributed by atoms with E-state index in [1.165, 1.54) is 61.2 Å². The third-order valence-electron chi connectivity index (χ3n) is 6.76. The van der Waals surface area contributed by atoms with E-state index in [-0.39, 0.29) is 5.41 Å². The van der Waals surface area contributed by atoms with Gasteiger partial charge < -0.3 is 0 Å². The van der Waals surface area contributed by atoms with Crippen molar-refractivity contribution in [1.29, 1.82) is 0 Å². The molecule has 6 rings (SSSR count). The number of hydrogen-bond donors (Lipinski definition) is 0. The predicted octanol–water partition coefficient (Wildman–Crippen LogP) is 6.96. The molecule has 2 aliphatic rings. The first-order chi connectivity index (χ1) is 13.6. The molecule has 2 aliphatic carbocycles. The molecule has 1 spiro atoms. The molecule has 0 heterocycles. The highest BCUT2D eigenvalue weighted by atomic mass is 14.5. The Balaban J connectivity index is 1.90. The second kappa shape index (κ2) is 5.23. The van der Waals surface area contributed by atoms with Gasteiger partial charge in [-0.2, -0.15) is 0 Å². The summed E-state index contributed by atoms with van der Waals surface area (Å²) in [6.07, 6.45) is 0. The fraction of sp³-hybridized carbons (Fsp3) is 0.143. The molecular weight excluding hydrogens is 336 g/mol. The van der Waals surface area contributed by atoms with Crippen LogP contribution in [0.4, 0.5) is 0 Å². The van der Waals surface area contributed by atoms with Crippen LogP contribution >= 0.6 is 0 Å². The first-order valence-electron chi connectivity index (χ1n) is 10.1. The van der Waals surface area contributed by atoms with Crippen molar-refractivity contribution in [1.82, 2.24) is 0 Å². The van der Waals surface area contributed by atoms with Crippen LogP contribution in [-0.2, 0) is 5.41 Å². The van der Waals surface area contributed by atoms with Crippen molar-refractivity contribution in [3.8, 4) is 22.3 Å². The van der Waals surface area contributed by atoms with Gasteiger partial charge >= 0.3 is 0 Å². The van der Waals surface area contributed by atoms with Crippen LogP contribution in [-0.4, -0.2) is 0 Å². The summed E-state index contributed by atoms with van der Waals surface area (Å²) in [5, 5.41) is 0. The van der Waals surface area contributed by atoms with Gasteiger partial charge in [0.2, 0.25) is 0 Å². The molecule has 4 aromatic rings. The van der Waals surface area contributed by atoms with Crippen molar-refractivity contribution < 1.29 is 0 Å². The molecule has 0 aliphatic heterocycles. The van der Waals surface area contributed by atoms with E-state index in [0.29, 0.717) is 0 Å². The molecule has 134 valence electrons. The number of rotatable bonds is 0. The summed E-state index contributed by atoms with van der Waals surface area (Å²) in [6, 6.07) is 29.6. The van der Waals surface area contributed by atoms with E-state index in [0.717, 1.165) is 0 Å². The minimum Gasteiger partial charge on any atom is -0.0619 e. The number of benzene rings is 4. The van der Waals surface area contributed by atoms with Gasteiger partial charge in [-0.1, -0.05) is 84.4 Å². The summed E-state index contributed by atoms with van der Waals surface area (Å²) in [6.45, 7) is 6.74. The van der Waals surface area contributed by atoms with Crippen molar-refractivity contribution in [2.45, 2.75) is 26.2 Å². The zero-order valence-corrected chi connectivity index (χ0v) is 16.5. The molecule has 0 amide bonds. The van der Waals surface area contributed by atoms with Gasteiger partial charge in [0, 0.05) is 0 Å². The quantitative estimate of drug-likeness (QED) is 0.275. The van der Waals surface area contributed by atoms with Crippen LogP contribution in [0.2, 0.25) is 0 Å². The van der Waals surface area contributed by atoms with E-state index in [4.69, 9.17) is 0 Å². The average Bonchev–Trinajstić information content (AvgIpc) is 3.16. The van der Waals surface area contributed by atoms with Crippen LogP contribution in [0.3, 0.4) is 0 Å². The summed E-state index contributed by atoms with van der Waals surface area (Å²) >= 11 is 0. The van der Waals surface area contributed by atoms with E-state index < -0.39 is 0 Å². The third-order valence-corrected chi connectivity index (χ3v) is 6.76. The van der Waals surface area contributed by atoms with Crippen LogP contribution in [0.1, 0.15) is 38.9 Å². The minimum atomic E-state index is -0.208. The molecule has 0 saturated carbocycles. The highest BCUT2D eigenvalue weighted by Crippen LogP contribution is 2.63. The largest absolute Gasteiger partial charge is 0.0725 e. The summed E-state index contributed by atoms with van der Waals surface area (Å²) < 4.78 is 0. The first-order valence-corrected chi connectivity index (χ1v) is 10.1. The Morgan fingerprint density at radius 2 is 1.07 bits per heavy atom. The van der Waals surface area contributed by atoms with E-state index in [2.05, 4.69) is 99.6 Å². The molecule has 28 heavy (non-hydrogen) atoms. The standard InChI is InChI=1S/C28H22/c1-17-15-19(3)27-21-11-5-7-13-23(21)28(25(27)16-17)22-12-6-4-10-20(22)26-18(2)9-8-14-24(26)28/h4-16H,1-3H3. The van der Waals surface area contributed by atoms with Crippen LogP contribution < -0.4 is 0 Å². The Bertz CT molecular complexity index is 1280. The fourth-order valence-electron chi connectivity index (χ4n) is 5.89. The lowest BCUT2D eigenvalue weighted by molar-refractivity contribution is 0.791. The van der Waals surface area contributed by atoms with Gasteiger partial charge in [0.1, 0.15) is 0 Å². The molecule has 4 aromatic carbocycles. The van der Waals surface area contributed by atoms with Crippen LogP contribution in [0.5, 0.6) is 0 Å². The minimum absolute atomic E-state index is 0.208. The molecule has 0 radical (unpaired) electrons. The second-order valence-corrected chi connectivity index (χ2v) is 8.34. The third kappa shape index (κ3) is 1.67. The van der Waals surface area contributed by atoms with Gasteiger partial charge in [-0.15, -0.1) is 0 Å². The maximum atomic E-state index is 2.43. The Hall–Kier alpha value is -3.12. The summed E-state index contributed by atoms with van der Waals surface area (Å²) in [5.41, 5.74) is 15.2. The zero-order valence-electron chi connectivity index (χ0n) is 16.5. The highest BCUT2D eigenvalue weighted by Gasteiger charge is 2.52. The zero-order chi connectivity index (χ0) is 19.0. The molecule has 0 saturated heterocycles. The second-order valence-electron chi connectivity index (χ2n) is 8.34. The van der Waals surface area contributed by atoms with Crippen molar-refractivity contribution in [2.24, 2.45) is 0 Å². The predicted molar refractivity (Wildman–Crippen MR) is 117 cm³/mol. The lowest BCUT2D eigenvalue weighted by atomic mass is 9.70. The Kier molecular flexibility index (Phi) is 2.97. The lowest BCUT2D eigenvalue weighted by Crippen LogP contribution is -2.26. The van der Waals surface area contributed by atoms with Crippen LogP contribution in [0.25, 0.3) is 22.3 Å². The fourth-order valence-corrected chi connectivity index (χ4v) is 5.89. The van der Waals surface area contributed by atoms with E-state index in [1.807, 2.05) is 0 Å². The van der Waals surface area contributed by atoms with Gasteiger partial charge in [0.25, 0.3) is 0 Å². The molecule has 0 heteroatoms. The van der Waals surface area contributed by atoms with Crippen molar-refractivity contribution in [3.63, 3.8) is 0 Å². The molecule has 0 aromatic heterocycles. The van der Waals surface area contributed by atoms with Gasteiger partial charge in [-0.25, -0.2) is 0 Å². The van der Waals surface area contributed by atoms with Gasteiger partial charge in [-0.05, 0) is 76.4 Å². The van der Waals surface area contributed by atoms with E-state index >= 15 is 0 Å². The van der Waals surface area contributed by atoms with Crippen LogP contribution in [0.15, 0.2) is 78.9 Å². The van der Waals surface area contributed by atoms with Gasteiger partial charge in [0.05, 0.1) is 5.41 Å². The van der Waals surface area contributed by atoms with Gasteiger partial charge in [0.15, 0.2) is 0 Å². The number of hydrogen-bond acceptors (Lipinski definition) is 0. The van der Waals surface area contributed by atoms with E-state index in [9.17, 15) is 0 Å². The summed E-state index contributed by atoms with van der Waals surface area (Å²) in [4.78, 5) is 0. The Morgan fingerprint density at radius 1 is 0.500 bits per heavy atom. The van der Waals surface area contributed by atoms with Crippen molar-refractivity contribution >= 4 is 0 Å². The lowest BCUT2D eigenvalue weighted by Gasteiger charge is -2.30. The maximum absolute atomic E-state index is 2.43. The molecule has 0 bridgehead atoms. The molecule has 0 N–H and O–H groups in total. The monoisotopic (exact) mass is 358 g/mol. The Labute approximate surface area is 166 Å². The highest BCUT2D eigenvalue weighted by molar-refractivity contribution is 5.96. The van der Waals surface area contributed by atoms with E-state index in [1.54, 1.807) is 0 Å². The van der Waals surface area contributed by atoms with Crippen molar-refractivity contribution in [3.05, 3.63) is 118 Å². The summed E-state index contributed by atoms with van der Waals surface area (Å²) in [7, 11) is 0. The van der Waals surface area contributed by atoms with Crippen LogP contribution in [0, 0.1) is 20.8 Å². The first kappa shape index (κ1) is 15.9. The van der Waals surface area contributed by atoms with Gasteiger partial charge in [-0.3, -0.25) is 0 Å². The molecule has 0 nitrogen and oxygen atoms in total. The molecule has 1 unspecified atom stereocenters. The summed E-state index contributed by atoms with van der Waals surface area (Å²) in [5.74, 6) is 0. The molecule has 1 atom stereocenters.